The molecule has 0 saturated heterocycles. The van der Waals surface area contributed by atoms with Crippen LogP contribution in [0.25, 0.3) is 0 Å². The Morgan fingerprint density at radius 3 is 1.58 bits per heavy atom. The van der Waals surface area contributed by atoms with E-state index in [0.717, 1.165) is 0 Å². The number of ether oxygens (including phenoxy) is 4. The lowest BCUT2D eigenvalue weighted by atomic mass is 10.1. The van der Waals surface area contributed by atoms with Crippen molar-refractivity contribution in [3.05, 3.63) is 5.56 Å². The summed E-state index contributed by atoms with van der Waals surface area (Å²) in [6.07, 6.45) is 0. The molecule has 0 spiro atoms. The van der Waals surface area contributed by atoms with Gasteiger partial charge >= 0.3 is 0 Å². The van der Waals surface area contributed by atoms with E-state index >= 15 is 0 Å². The summed E-state index contributed by atoms with van der Waals surface area (Å²) in [6, 6.07) is 0. The molecule has 0 aromatic heterocycles. The molecule has 19 heavy (non-hydrogen) atoms. The van der Waals surface area contributed by atoms with E-state index in [9.17, 15) is 5.11 Å². The topological polar surface area (TPSA) is 57.2 Å². The van der Waals surface area contributed by atoms with E-state index in [1.807, 2.05) is 0 Å². The SMILES string of the molecule is CC1(C)Oc2c(O)c3c(c(C=S)c2O1)OC(C)(C)O3. The lowest BCUT2D eigenvalue weighted by molar-refractivity contribution is -0.0498. The van der Waals surface area contributed by atoms with Crippen molar-refractivity contribution in [1.29, 1.82) is 0 Å². The van der Waals surface area contributed by atoms with Gasteiger partial charge in [0.15, 0.2) is 11.5 Å². The average molecular weight is 282 g/mol. The number of phenolic OH excluding ortho intramolecular Hbond substituents is 1. The van der Waals surface area contributed by atoms with Crippen molar-refractivity contribution >= 4 is 17.6 Å². The van der Waals surface area contributed by atoms with E-state index in [1.165, 1.54) is 5.37 Å². The van der Waals surface area contributed by atoms with E-state index in [4.69, 9.17) is 31.2 Å². The third kappa shape index (κ3) is 1.70. The molecule has 2 aliphatic rings. The summed E-state index contributed by atoms with van der Waals surface area (Å²) >= 11 is 5.02. The normalized spacial score (nSPS) is 20.4. The van der Waals surface area contributed by atoms with Crippen LogP contribution in [0.3, 0.4) is 0 Å². The Labute approximate surface area is 116 Å². The standard InChI is InChI=1S/C13H14O5S/c1-12(2)15-8-6(5-19)9-11(7(14)10(8)17-12)18-13(3,4)16-9/h5,14H,1-4H3. The van der Waals surface area contributed by atoms with E-state index < -0.39 is 11.6 Å². The Morgan fingerprint density at radius 2 is 1.21 bits per heavy atom. The van der Waals surface area contributed by atoms with Gasteiger partial charge in [0, 0.05) is 33.1 Å². The van der Waals surface area contributed by atoms with Crippen molar-refractivity contribution in [3.8, 4) is 28.7 Å². The number of benzene rings is 1. The van der Waals surface area contributed by atoms with Crippen molar-refractivity contribution < 1.29 is 24.1 Å². The number of phenols is 1. The van der Waals surface area contributed by atoms with Gasteiger partial charge in [-0.05, 0) is 0 Å². The first-order chi connectivity index (χ1) is 8.74. The first kappa shape index (κ1) is 12.3. The summed E-state index contributed by atoms with van der Waals surface area (Å²) in [6.45, 7) is 6.99. The summed E-state index contributed by atoms with van der Waals surface area (Å²) in [4.78, 5) is 0. The molecule has 0 saturated carbocycles. The number of hydrogen-bond donors (Lipinski definition) is 1. The van der Waals surface area contributed by atoms with Gasteiger partial charge in [-0.15, -0.1) is 0 Å². The van der Waals surface area contributed by atoms with E-state index in [0.29, 0.717) is 17.1 Å². The maximum Gasteiger partial charge on any atom is 0.246 e. The van der Waals surface area contributed by atoms with E-state index in [1.54, 1.807) is 27.7 Å². The smallest absolute Gasteiger partial charge is 0.246 e. The number of hydrogen-bond acceptors (Lipinski definition) is 6. The van der Waals surface area contributed by atoms with E-state index in [-0.39, 0.29) is 17.2 Å². The summed E-state index contributed by atoms with van der Waals surface area (Å²) in [5.41, 5.74) is 0.550. The Morgan fingerprint density at radius 1 is 0.842 bits per heavy atom. The first-order valence-corrected chi connectivity index (χ1v) is 6.35. The summed E-state index contributed by atoms with van der Waals surface area (Å²) in [7, 11) is 0. The van der Waals surface area contributed by atoms with Crippen LogP contribution in [0.4, 0.5) is 0 Å². The molecule has 6 heteroatoms. The molecule has 3 rings (SSSR count). The lowest BCUT2D eigenvalue weighted by Gasteiger charge is -2.18. The van der Waals surface area contributed by atoms with Crippen molar-refractivity contribution in [2.45, 2.75) is 39.3 Å². The maximum atomic E-state index is 10.3. The molecule has 1 aromatic carbocycles. The summed E-state index contributed by atoms with van der Waals surface area (Å²) in [5, 5.41) is 11.7. The molecule has 0 amide bonds. The molecule has 0 aliphatic carbocycles. The van der Waals surface area contributed by atoms with Gasteiger partial charge in [-0.3, -0.25) is 0 Å². The highest BCUT2D eigenvalue weighted by molar-refractivity contribution is 7.79. The molecule has 0 fully saturated rings. The largest absolute Gasteiger partial charge is 0.501 e. The van der Waals surface area contributed by atoms with E-state index in [2.05, 4.69) is 0 Å². The summed E-state index contributed by atoms with van der Waals surface area (Å²) in [5.74, 6) is -0.603. The maximum absolute atomic E-state index is 10.3. The van der Waals surface area contributed by atoms with Crippen LogP contribution in [0.15, 0.2) is 0 Å². The molecule has 1 aromatic rings. The van der Waals surface area contributed by atoms with Crippen molar-refractivity contribution in [1.82, 2.24) is 0 Å². The monoisotopic (exact) mass is 282 g/mol. The van der Waals surface area contributed by atoms with Crippen LogP contribution >= 0.6 is 12.2 Å². The highest BCUT2D eigenvalue weighted by atomic mass is 32.1. The van der Waals surface area contributed by atoms with Crippen LogP contribution in [0.2, 0.25) is 0 Å². The molecule has 5 nitrogen and oxygen atoms in total. The Bertz CT molecular complexity index is 546. The van der Waals surface area contributed by atoms with Gasteiger partial charge in [-0.25, -0.2) is 0 Å². The second-order valence-electron chi connectivity index (χ2n) is 5.40. The minimum atomic E-state index is -0.864. The Balaban J connectivity index is 2.25. The van der Waals surface area contributed by atoms with Crippen LogP contribution in [0.5, 0.6) is 28.7 Å². The van der Waals surface area contributed by atoms with Crippen molar-refractivity contribution in [3.63, 3.8) is 0 Å². The minimum Gasteiger partial charge on any atom is -0.501 e. The number of rotatable bonds is 1. The molecule has 0 radical (unpaired) electrons. The first-order valence-electron chi connectivity index (χ1n) is 5.88. The van der Waals surface area contributed by atoms with Crippen LogP contribution in [0.1, 0.15) is 33.3 Å². The van der Waals surface area contributed by atoms with Gasteiger partial charge in [-0.1, -0.05) is 12.2 Å². The second kappa shape index (κ2) is 3.45. The quantitative estimate of drug-likeness (QED) is 0.799. The van der Waals surface area contributed by atoms with Crippen LogP contribution < -0.4 is 18.9 Å². The Kier molecular flexibility index (Phi) is 2.24. The fourth-order valence-corrected chi connectivity index (χ4v) is 2.40. The third-order valence-electron chi connectivity index (χ3n) is 2.84. The molecule has 2 aliphatic heterocycles. The average Bonchev–Trinajstić information content (AvgIpc) is 2.76. The Hall–Kier alpha value is -1.69. The molecule has 1 N–H and O–H groups in total. The molecular formula is C13H14O5S. The van der Waals surface area contributed by atoms with Gasteiger partial charge in [0.2, 0.25) is 28.8 Å². The zero-order valence-corrected chi connectivity index (χ0v) is 11.9. The predicted molar refractivity (Wildman–Crippen MR) is 71.5 cm³/mol. The molecular weight excluding hydrogens is 268 g/mol. The summed E-state index contributed by atoms with van der Waals surface area (Å²) < 4.78 is 22.5. The van der Waals surface area contributed by atoms with Gasteiger partial charge in [-0.2, -0.15) is 0 Å². The van der Waals surface area contributed by atoms with Crippen LogP contribution in [-0.4, -0.2) is 22.0 Å². The zero-order valence-electron chi connectivity index (χ0n) is 11.1. The highest BCUT2D eigenvalue weighted by Crippen LogP contribution is 2.59. The molecule has 0 bridgehead atoms. The van der Waals surface area contributed by atoms with Crippen LogP contribution in [-0.2, 0) is 0 Å². The molecule has 0 unspecified atom stereocenters. The lowest BCUT2D eigenvalue weighted by Crippen LogP contribution is -2.30. The molecule has 2 heterocycles. The second-order valence-corrected chi connectivity index (χ2v) is 5.64. The fraction of sp³-hybridized carbons (Fsp3) is 0.462. The van der Waals surface area contributed by atoms with Crippen LogP contribution in [0, 0.1) is 0 Å². The number of aromatic hydroxyl groups is 1. The van der Waals surface area contributed by atoms with Gasteiger partial charge in [0.25, 0.3) is 0 Å². The minimum absolute atomic E-state index is 0.123. The third-order valence-corrected chi connectivity index (χ3v) is 3.08. The predicted octanol–water partition coefficient (Wildman–Crippen LogP) is 2.75. The number of fused-ring (bicyclic) bond motifs is 2. The highest BCUT2D eigenvalue weighted by Gasteiger charge is 2.44. The fourth-order valence-electron chi connectivity index (χ4n) is 2.19. The zero-order chi connectivity index (χ0) is 14.0. The van der Waals surface area contributed by atoms with Gasteiger partial charge in [0.1, 0.15) is 0 Å². The number of thiocarbonyl (C=S) groups is 1. The van der Waals surface area contributed by atoms with Gasteiger partial charge in [0.05, 0.1) is 5.56 Å². The van der Waals surface area contributed by atoms with Gasteiger partial charge < -0.3 is 24.1 Å². The molecule has 0 atom stereocenters. The van der Waals surface area contributed by atoms with Crippen molar-refractivity contribution in [2.24, 2.45) is 0 Å². The molecule has 102 valence electrons. The van der Waals surface area contributed by atoms with Crippen molar-refractivity contribution in [2.75, 3.05) is 0 Å².